The van der Waals surface area contributed by atoms with Crippen LogP contribution in [-0.4, -0.2) is 25.0 Å². The van der Waals surface area contributed by atoms with E-state index >= 15 is 0 Å². The van der Waals surface area contributed by atoms with Gasteiger partial charge in [-0.15, -0.1) is 11.3 Å². The molecule has 0 radical (unpaired) electrons. The van der Waals surface area contributed by atoms with E-state index in [-0.39, 0.29) is 22.7 Å². The summed E-state index contributed by atoms with van der Waals surface area (Å²) >= 11 is 1.05. The first kappa shape index (κ1) is 15.0. The van der Waals surface area contributed by atoms with Gasteiger partial charge in [0.25, 0.3) is 5.91 Å². The molecular formula is C12H17N3O3S. The summed E-state index contributed by atoms with van der Waals surface area (Å²) in [6, 6.07) is 0. The van der Waals surface area contributed by atoms with Crippen molar-refractivity contribution in [3.63, 3.8) is 0 Å². The van der Waals surface area contributed by atoms with Crippen LogP contribution >= 0.6 is 11.3 Å². The van der Waals surface area contributed by atoms with E-state index < -0.39 is 11.9 Å². The quantitative estimate of drug-likeness (QED) is 0.543. The standard InChI is InChI=1S/C12H17N3O3S/c1-4-18-12(17)9-8(13)7(10(14)16)11(19-9)15-5-6(2)3/h15H,2,4-5,13H2,1,3H3,(H2,14,16). The van der Waals surface area contributed by atoms with Crippen LogP contribution in [0.1, 0.15) is 33.9 Å². The van der Waals surface area contributed by atoms with Gasteiger partial charge in [-0.2, -0.15) is 0 Å². The molecule has 7 heteroatoms. The number of nitrogens with one attached hydrogen (secondary N) is 1. The summed E-state index contributed by atoms with van der Waals surface area (Å²) in [6.45, 7) is 7.96. The van der Waals surface area contributed by atoms with Gasteiger partial charge in [-0.05, 0) is 13.8 Å². The predicted molar refractivity (Wildman–Crippen MR) is 76.5 cm³/mol. The highest BCUT2D eigenvalue weighted by Crippen LogP contribution is 2.36. The Morgan fingerprint density at radius 3 is 2.58 bits per heavy atom. The van der Waals surface area contributed by atoms with E-state index in [1.165, 1.54) is 0 Å². The molecule has 1 rings (SSSR count). The second-order valence-electron chi connectivity index (χ2n) is 3.94. The maximum Gasteiger partial charge on any atom is 0.350 e. The Hall–Kier alpha value is -2.02. The number of hydrogen-bond acceptors (Lipinski definition) is 6. The highest BCUT2D eigenvalue weighted by molar-refractivity contribution is 7.19. The van der Waals surface area contributed by atoms with Crippen molar-refractivity contribution in [1.29, 1.82) is 0 Å². The number of rotatable bonds is 6. The third-order valence-electron chi connectivity index (χ3n) is 2.20. The largest absolute Gasteiger partial charge is 0.462 e. The Morgan fingerprint density at radius 1 is 1.47 bits per heavy atom. The van der Waals surface area contributed by atoms with E-state index in [1.807, 2.05) is 6.92 Å². The number of esters is 1. The van der Waals surface area contributed by atoms with Crippen LogP contribution in [0.4, 0.5) is 10.7 Å². The SMILES string of the molecule is C=C(C)CNc1sc(C(=O)OCC)c(N)c1C(N)=O. The predicted octanol–water partition coefficient (Wildman–Crippen LogP) is 1.59. The van der Waals surface area contributed by atoms with E-state index in [9.17, 15) is 9.59 Å². The van der Waals surface area contributed by atoms with Gasteiger partial charge in [0.2, 0.25) is 0 Å². The fourth-order valence-corrected chi connectivity index (χ4v) is 2.41. The minimum absolute atomic E-state index is 0.0557. The molecule has 6 nitrogen and oxygen atoms in total. The molecular weight excluding hydrogens is 266 g/mol. The molecule has 0 aliphatic heterocycles. The summed E-state index contributed by atoms with van der Waals surface area (Å²) in [5, 5.41) is 3.44. The molecule has 0 aliphatic rings. The van der Waals surface area contributed by atoms with Crippen LogP contribution in [-0.2, 0) is 4.74 Å². The Labute approximate surface area is 115 Å². The zero-order valence-electron chi connectivity index (χ0n) is 10.9. The second-order valence-corrected chi connectivity index (χ2v) is 4.96. The molecule has 1 amide bonds. The van der Waals surface area contributed by atoms with Crippen molar-refractivity contribution >= 4 is 33.9 Å². The number of nitrogen functional groups attached to an aromatic ring is 1. The number of amides is 1. The molecule has 5 N–H and O–H groups in total. The molecule has 1 aromatic heterocycles. The number of thiophene rings is 1. The van der Waals surface area contributed by atoms with Gasteiger partial charge in [-0.25, -0.2) is 4.79 Å². The number of hydrogen-bond donors (Lipinski definition) is 3. The average Bonchev–Trinajstić information content (AvgIpc) is 2.64. The number of carbonyl (C=O) groups is 2. The second kappa shape index (κ2) is 6.24. The van der Waals surface area contributed by atoms with Crippen molar-refractivity contribution in [3.05, 3.63) is 22.6 Å². The fraction of sp³-hybridized carbons (Fsp3) is 0.333. The van der Waals surface area contributed by atoms with Crippen LogP contribution in [0.2, 0.25) is 0 Å². The van der Waals surface area contributed by atoms with Gasteiger partial charge >= 0.3 is 5.97 Å². The maximum atomic E-state index is 11.7. The first-order valence-electron chi connectivity index (χ1n) is 5.65. The third kappa shape index (κ3) is 3.47. The summed E-state index contributed by atoms with van der Waals surface area (Å²) in [7, 11) is 0. The molecule has 0 fully saturated rings. The Balaban J connectivity index is 3.15. The van der Waals surface area contributed by atoms with Gasteiger partial charge in [0, 0.05) is 6.54 Å². The first-order chi connectivity index (χ1) is 8.88. The lowest BCUT2D eigenvalue weighted by molar-refractivity contribution is 0.0533. The first-order valence-corrected chi connectivity index (χ1v) is 6.47. The van der Waals surface area contributed by atoms with Crippen molar-refractivity contribution in [1.82, 2.24) is 0 Å². The van der Waals surface area contributed by atoms with Crippen LogP contribution in [0.15, 0.2) is 12.2 Å². The normalized spacial score (nSPS) is 10.0. The van der Waals surface area contributed by atoms with Crippen molar-refractivity contribution in [2.24, 2.45) is 5.73 Å². The van der Waals surface area contributed by atoms with Crippen LogP contribution in [0.5, 0.6) is 0 Å². The van der Waals surface area contributed by atoms with E-state index in [4.69, 9.17) is 16.2 Å². The number of ether oxygens (including phenoxy) is 1. The van der Waals surface area contributed by atoms with E-state index in [0.29, 0.717) is 11.5 Å². The molecule has 19 heavy (non-hydrogen) atoms. The van der Waals surface area contributed by atoms with Gasteiger partial charge in [0.1, 0.15) is 9.88 Å². The highest BCUT2D eigenvalue weighted by Gasteiger charge is 2.24. The molecule has 0 spiro atoms. The molecule has 0 aliphatic carbocycles. The summed E-state index contributed by atoms with van der Waals surface area (Å²) < 4.78 is 4.88. The number of primary amides is 1. The van der Waals surface area contributed by atoms with Crippen molar-refractivity contribution in [2.75, 3.05) is 24.2 Å². The average molecular weight is 283 g/mol. The topological polar surface area (TPSA) is 107 Å². The molecule has 0 aromatic carbocycles. The van der Waals surface area contributed by atoms with Crippen LogP contribution in [0.25, 0.3) is 0 Å². The van der Waals surface area contributed by atoms with E-state index in [1.54, 1.807) is 6.92 Å². The molecule has 0 unspecified atom stereocenters. The number of nitrogens with two attached hydrogens (primary N) is 2. The van der Waals surface area contributed by atoms with Crippen molar-refractivity contribution in [2.45, 2.75) is 13.8 Å². The van der Waals surface area contributed by atoms with Crippen LogP contribution in [0.3, 0.4) is 0 Å². The Morgan fingerprint density at radius 2 is 2.11 bits per heavy atom. The molecule has 0 saturated heterocycles. The summed E-state index contributed by atoms with van der Waals surface area (Å²) in [4.78, 5) is 23.3. The van der Waals surface area contributed by atoms with Crippen LogP contribution in [0, 0.1) is 0 Å². The summed E-state index contributed by atoms with van der Waals surface area (Å²) in [6.07, 6.45) is 0. The van der Waals surface area contributed by atoms with Crippen molar-refractivity contribution < 1.29 is 14.3 Å². The molecule has 0 bridgehead atoms. The lowest BCUT2D eigenvalue weighted by Gasteiger charge is -2.04. The zero-order chi connectivity index (χ0) is 14.6. The molecule has 0 atom stereocenters. The van der Waals surface area contributed by atoms with Crippen molar-refractivity contribution in [3.8, 4) is 0 Å². The van der Waals surface area contributed by atoms with Gasteiger partial charge in [0.15, 0.2) is 0 Å². The van der Waals surface area contributed by atoms with Gasteiger partial charge in [-0.1, -0.05) is 12.2 Å². The molecule has 104 valence electrons. The van der Waals surface area contributed by atoms with E-state index in [2.05, 4.69) is 11.9 Å². The van der Waals surface area contributed by atoms with Crippen LogP contribution < -0.4 is 16.8 Å². The fourth-order valence-electron chi connectivity index (χ4n) is 1.39. The smallest absolute Gasteiger partial charge is 0.350 e. The van der Waals surface area contributed by atoms with E-state index in [0.717, 1.165) is 16.9 Å². The Bertz CT molecular complexity index is 523. The maximum absolute atomic E-state index is 11.7. The number of carbonyl (C=O) groups excluding carboxylic acids is 2. The van der Waals surface area contributed by atoms with Gasteiger partial charge in [-0.3, -0.25) is 4.79 Å². The minimum atomic E-state index is -0.687. The highest BCUT2D eigenvalue weighted by atomic mass is 32.1. The minimum Gasteiger partial charge on any atom is -0.462 e. The zero-order valence-corrected chi connectivity index (χ0v) is 11.7. The monoisotopic (exact) mass is 283 g/mol. The summed E-state index contributed by atoms with van der Waals surface area (Å²) in [5.41, 5.74) is 12.1. The third-order valence-corrected chi connectivity index (χ3v) is 3.35. The lowest BCUT2D eigenvalue weighted by atomic mass is 10.2. The summed E-state index contributed by atoms with van der Waals surface area (Å²) in [5.74, 6) is -1.25. The molecule has 1 aromatic rings. The Kier molecular flexibility index (Phi) is 4.94. The number of anilines is 2. The van der Waals surface area contributed by atoms with Gasteiger partial charge < -0.3 is 21.5 Å². The molecule has 1 heterocycles. The lowest BCUT2D eigenvalue weighted by Crippen LogP contribution is -2.15. The van der Waals surface area contributed by atoms with Gasteiger partial charge in [0.05, 0.1) is 17.9 Å². The molecule has 0 saturated carbocycles.